The zero-order valence-electron chi connectivity index (χ0n) is 17.6. The van der Waals surface area contributed by atoms with Crippen LogP contribution in [-0.4, -0.2) is 51.9 Å². The standard InChI is InChI=1S/C22H18Cl2N2O6S2/c1-31-21(30)16(25-24)9-12-2-5-14(6-3-12)32-17-7-4-13(8-15(17)23)10-18-20(29)26(11-19(27)28)22(33)34-18/h2-8,10,16,25H,9,11H2,1H3,(H,27,28)/b18-10-/t16-/m0/s1. The van der Waals surface area contributed by atoms with E-state index in [1.165, 1.54) is 7.11 Å². The summed E-state index contributed by atoms with van der Waals surface area (Å²) in [6, 6.07) is 11.4. The molecule has 178 valence electrons. The molecule has 1 amide bonds. The number of benzene rings is 2. The third kappa shape index (κ3) is 6.49. The predicted molar refractivity (Wildman–Crippen MR) is 134 cm³/mol. The Morgan fingerprint density at radius 1 is 1.26 bits per heavy atom. The maximum absolute atomic E-state index is 12.4. The molecular weight excluding hydrogens is 523 g/mol. The summed E-state index contributed by atoms with van der Waals surface area (Å²) in [7, 11) is 1.29. The number of hydrogen-bond acceptors (Lipinski definition) is 8. The molecule has 3 rings (SSSR count). The minimum absolute atomic E-state index is 0.188. The first kappa shape index (κ1) is 26.0. The number of aliphatic carboxylic acids is 1. The number of rotatable bonds is 9. The number of methoxy groups -OCH3 is 1. The molecule has 0 saturated carbocycles. The first-order chi connectivity index (χ1) is 16.2. The van der Waals surface area contributed by atoms with Crippen molar-refractivity contribution < 1.29 is 29.0 Å². The van der Waals surface area contributed by atoms with Gasteiger partial charge in [0.2, 0.25) is 0 Å². The lowest BCUT2D eigenvalue weighted by atomic mass is 10.1. The average Bonchev–Trinajstić information content (AvgIpc) is 3.06. The van der Waals surface area contributed by atoms with Crippen molar-refractivity contribution in [2.45, 2.75) is 12.5 Å². The normalized spacial score (nSPS) is 15.5. The summed E-state index contributed by atoms with van der Waals surface area (Å²) < 4.78 is 10.7. The van der Waals surface area contributed by atoms with Gasteiger partial charge in [-0.05, 0) is 59.7 Å². The van der Waals surface area contributed by atoms with E-state index in [4.69, 9.17) is 50.2 Å². The maximum atomic E-state index is 12.4. The van der Waals surface area contributed by atoms with E-state index < -0.39 is 30.4 Å². The Labute approximate surface area is 214 Å². The van der Waals surface area contributed by atoms with Gasteiger partial charge in [-0.3, -0.25) is 19.3 Å². The van der Waals surface area contributed by atoms with Gasteiger partial charge in [-0.15, -0.1) is 0 Å². The first-order valence-corrected chi connectivity index (χ1v) is 11.7. The zero-order chi connectivity index (χ0) is 24.8. The van der Waals surface area contributed by atoms with Crippen molar-refractivity contribution in [3.63, 3.8) is 0 Å². The molecule has 1 aliphatic rings. The van der Waals surface area contributed by atoms with Crippen LogP contribution in [0.1, 0.15) is 11.1 Å². The van der Waals surface area contributed by atoms with Crippen molar-refractivity contribution in [1.82, 2.24) is 9.74 Å². The second kappa shape index (κ2) is 11.7. The van der Waals surface area contributed by atoms with E-state index in [0.29, 0.717) is 33.4 Å². The van der Waals surface area contributed by atoms with Gasteiger partial charge < -0.3 is 14.6 Å². The fourth-order valence-electron chi connectivity index (χ4n) is 2.98. The third-order valence-electron chi connectivity index (χ3n) is 4.63. The molecule has 0 unspecified atom stereocenters. The maximum Gasteiger partial charge on any atom is 0.324 e. The summed E-state index contributed by atoms with van der Waals surface area (Å²) in [5.41, 5.74) is 1.48. The number of amides is 1. The van der Waals surface area contributed by atoms with Crippen LogP contribution in [0.3, 0.4) is 0 Å². The van der Waals surface area contributed by atoms with Crippen molar-refractivity contribution in [3.8, 4) is 11.5 Å². The van der Waals surface area contributed by atoms with Gasteiger partial charge in [0.1, 0.15) is 28.4 Å². The smallest absolute Gasteiger partial charge is 0.324 e. The Morgan fingerprint density at radius 3 is 2.56 bits per heavy atom. The molecule has 0 aliphatic carbocycles. The summed E-state index contributed by atoms with van der Waals surface area (Å²) in [5.74, 6) is -1.14. The molecule has 8 nitrogen and oxygen atoms in total. The lowest BCUT2D eigenvalue weighted by Crippen LogP contribution is -2.33. The van der Waals surface area contributed by atoms with Crippen molar-refractivity contribution >= 4 is 75.6 Å². The van der Waals surface area contributed by atoms with Crippen LogP contribution in [0.4, 0.5) is 0 Å². The Kier molecular flexibility index (Phi) is 8.92. The molecule has 1 saturated heterocycles. The van der Waals surface area contributed by atoms with E-state index in [-0.39, 0.29) is 4.32 Å². The van der Waals surface area contributed by atoms with E-state index >= 15 is 0 Å². The molecule has 12 heteroatoms. The molecule has 0 aromatic heterocycles. The molecule has 1 atom stereocenters. The lowest BCUT2D eigenvalue weighted by Gasteiger charge is -2.13. The quantitative estimate of drug-likeness (QED) is 0.209. The van der Waals surface area contributed by atoms with Gasteiger partial charge in [-0.1, -0.05) is 53.8 Å². The summed E-state index contributed by atoms with van der Waals surface area (Å²) in [6.07, 6.45) is 1.93. The fraction of sp³-hybridized carbons (Fsp3) is 0.182. The van der Waals surface area contributed by atoms with E-state index in [1.807, 2.05) is 0 Å². The summed E-state index contributed by atoms with van der Waals surface area (Å²) in [4.78, 5) is 38.7. The van der Waals surface area contributed by atoms with Crippen LogP contribution in [0.15, 0.2) is 47.4 Å². The Morgan fingerprint density at radius 2 is 1.97 bits per heavy atom. The highest BCUT2D eigenvalue weighted by molar-refractivity contribution is 8.26. The van der Waals surface area contributed by atoms with Gasteiger partial charge in [-0.2, -0.15) is 0 Å². The van der Waals surface area contributed by atoms with E-state index in [1.54, 1.807) is 48.5 Å². The van der Waals surface area contributed by atoms with Gasteiger partial charge in [0, 0.05) is 0 Å². The lowest BCUT2D eigenvalue weighted by molar-refractivity contribution is -0.142. The zero-order valence-corrected chi connectivity index (χ0v) is 20.8. The summed E-state index contributed by atoms with van der Waals surface area (Å²) in [5, 5.41) is 9.25. The van der Waals surface area contributed by atoms with Gasteiger partial charge in [0.25, 0.3) is 5.91 Å². The molecule has 0 bridgehead atoms. The number of halogens is 2. The number of hydrogen-bond donors (Lipinski definition) is 2. The molecule has 1 aliphatic heterocycles. The molecule has 0 radical (unpaired) electrons. The van der Waals surface area contributed by atoms with Gasteiger partial charge in [0.05, 0.1) is 17.0 Å². The van der Waals surface area contributed by atoms with Gasteiger partial charge in [0.15, 0.2) is 0 Å². The van der Waals surface area contributed by atoms with Crippen LogP contribution in [-0.2, 0) is 25.5 Å². The number of nitrogens with one attached hydrogen (secondary N) is 1. The van der Waals surface area contributed by atoms with Crippen LogP contribution >= 0.6 is 47.4 Å². The summed E-state index contributed by atoms with van der Waals surface area (Å²) >= 11 is 18.1. The molecule has 34 heavy (non-hydrogen) atoms. The Hall–Kier alpha value is -2.63. The first-order valence-electron chi connectivity index (χ1n) is 9.69. The largest absolute Gasteiger partial charge is 0.480 e. The predicted octanol–water partition coefficient (Wildman–Crippen LogP) is 4.25. The molecule has 2 aromatic rings. The average molecular weight is 541 g/mol. The van der Waals surface area contributed by atoms with Crippen molar-refractivity contribution in [3.05, 3.63) is 63.5 Å². The van der Waals surface area contributed by atoms with Crippen LogP contribution < -0.4 is 9.57 Å². The second-order valence-electron chi connectivity index (χ2n) is 6.99. The van der Waals surface area contributed by atoms with Crippen molar-refractivity contribution in [1.29, 1.82) is 0 Å². The molecule has 0 spiro atoms. The van der Waals surface area contributed by atoms with Crippen molar-refractivity contribution in [2.75, 3.05) is 13.7 Å². The van der Waals surface area contributed by atoms with Gasteiger partial charge in [-0.25, -0.2) is 4.84 Å². The van der Waals surface area contributed by atoms with Crippen LogP contribution in [0.25, 0.3) is 6.08 Å². The molecule has 1 heterocycles. The molecular formula is C22H18Cl2N2O6S2. The van der Waals surface area contributed by atoms with Crippen LogP contribution in [0.5, 0.6) is 11.5 Å². The number of carbonyl (C=O) groups is 3. The minimum atomic E-state index is -1.14. The molecule has 2 aromatic carbocycles. The molecule has 1 fully saturated rings. The van der Waals surface area contributed by atoms with E-state index in [0.717, 1.165) is 22.2 Å². The number of thioether (sulfide) groups is 1. The number of esters is 1. The Balaban J connectivity index is 1.68. The van der Waals surface area contributed by atoms with Gasteiger partial charge >= 0.3 is 11.9 Å². The van der Waals surface area contributed by atoms with Crippen LogP contribution in [0, 0.1) is 0 Å². The number of carbonyl (C=O) groups excluding carboxylic acids is 2. The highest BCUT2D eigenvalue weighted by Gasteiger charge is 2.33. The number of nitrogens with zero attached hydrogens (tertiary/aromatic N) is 1. The fourth-order valence-corrected chi connectivity index (χ4v) is 4.63. The number of carboxylic acid groups (broad SMARTS) is 1. The number of carboxylic acids is 1. The van der Waals surface area contributed by atoms with E-state index in [2.05, 4.69) is 4.84 Å². The number of thiocarbonyl (C=S) groups is 1. The highest BCUT2D eigenvalue weighted by atomic mass is 35.5. The SMILES string of the molecule is COC(=O)[C@H](Cc1ccc(Oc2ccc(/C=C3\SC(=S)N(CC(=O)O)C3=O)cc2Cl)cc1)NCl. The minimum Gasteiger partial charge on any atom is -0.480 e. The Bertz CT molecular complexity index is 1160. The highest BCUT2D eigenvalue weighted by Crippen LogP contribution is 2.35. The second-order valence-corrected chi connectivity index (χ2v) is 9.29. The van der Waals surface area contributed by atoms with E-state index in [9.17, 15) is 14.4 Å². The summed E-state index contributed by atoms with van der Waals surface area (Å²) in [6.45, 7) is -0.486. The molecule has 2 N–H and O–H groups in total. The number of ether oxygens (including phenoxy) is 2. The third-order valence-corrected chi connectivity index (χ3v) is 6.57. The monoisotopic (exact) mass is 540 g/mol. The van der Waals surface area contributed by atoms with Crippen LogP contribution in [0.2, 0.25) is 5.02 Å². The topological polar surface area (TPSA) is 105 Å². The van der Waals surface area contributed by atoms with Crippen molar-refractivity contribution in [2.24, 2.45) is 0 Å².